The van der Waals surface area contributed by atoms with E-state index in [4.69, 9.17) is 0 Å². The van der Waals surface area contributed by atoms with Gasteiger partial charge < -0.3 is 4.57 Å². The van der Waals surface area contributed by atoms with Crippen LogP contribution in [-0.2, 0) is 6.67 Å². The first-order valence-corrected chi connectivity index (χ1v) is 9.53. The van der Waals surface area contributed by atoms with Gasteiger partial charge in [-0.05, 0) is 69.5 Å². The second-order valence-electron chi connectivity index (χ2n) is 7.48. The summed E-state index contributed by atoms with van der Waals surface area (Å²) >= 11 is 0. The molecule has 1 aliphatic rings. The third-order valence-electron chi connectivity index (χ3n) is 5.87. The topological polar surface area (TPSA) is 8.17 Å². The van der Waals surface area contributed by atoms with Crippen LogP contribution in [0.4, 0.5) is 0 Å². The molecule has 0 unspecified atom stereocenters. The van der Waals surface area contributed by atoms with Crippen LogP contribution in [0.25, 0.3) is 22.0 Å². The van der Waals surface area contributed by atoms with Crippen molar-refractivity contribution in [2.24, 2.45) is 0 Å². The Labute approximate surface area is 151 Å². The van der Waals surface area contributed by atoms with Crippen molar-refractivity contribution in [1.82, 2.24) is 9.47 Å². The van der Waals surface area contributed by atoms with E-state index in [2.05, 4.69) is 72.7 Å². The fourth-order valence-electron chi connectivity index (χ4n) is 4.28. The van der Waals surface area contributed by atoms with Crippen molar-refractivity contribution < 1.29 is 0 Å². The third kappa shape index (κ3) is 2.89. The number of likely N-dealkylation sites (tertiary alicyclic amines) is 1. The van der Waals surface area contributed by atoms with E-state index in [1.54, 1.807) is 0 Å². The zero-order chi connectivity index (χ0) is 17.4. The van der Waals surface area contributed by atoms with Gasteiger partial charge in [0.05, 0.1) is 12.2 Å². The maximum Gasteiger partial charge on any atom is 0.0753 e. The molecule has 0 radical (unpaired) electrons. The van der Waals surface area contributed by atoms with Gasteiger partial charge in [0.25, 0.3) is 0 Å². The molecule has 0 spiro atoms. The molecule has 0 N–H and O–H groups in total. The lowest BCUT2D eigenvalue weighted by Crippen LogP contribution is -2.31. The first kappa shape index (κ1) is 16.4. The Morgan fingerprint density at radius 2 is 1.56 bits per heavy atom. The summed E-state index contributed by atoms with van der Waals surface area (Å²) in [6.45, 7) is 10.3. The number of hydrogen-bond donors (Lipinski definition) is 0. The fraction of sp³-hybridized carbons (Fsp3) is 0.391. The molecule has 0 amide bonds. The van der Waals surface area contributed by atoms with Gasteiger partial charge in [-0.25, -0.2) is 0 Å². The smallest absolute Gasteiger partial charge is 0.0753 e. The molecule has 4 rings (SSSR count). The summed E-state index contributed by atoms with van der Waals surface area (Å²) in [7, 11) is 0. The quantitative estimate of drug-likeness (QED) is 0.599. The van der Waals surface area contributed by atoms with E-state index in [0.717, 1.165) is 6.67 Å². The van der Waals surface area contributed by atoms with Crippen LogP contribution in [-0.4, -0.2) is 22.6 Å². The van der Waals surface area contributed by atoms with Crippen molar-refractivity contribution in [1.29, 1.82) is 0 Å². The van der Waals surface area contributed by atoms with Crippen molar-refractivity contribution in [3.63, 3.8) is 0 Å². The first-order chi connectivity index (χ1) is 12.2. The highest BCUT2D eigenvalue weighted by molar-refractivity contribution is 6.00. The van der Waals surface area contributed by atoms with E-state index >= 15 is 0 Å². The highest BCUT2D eigenvalue weighted by atomic mass is 15.2. The van der Waals surface area contributed by atoms with Crippen LogP contribution in [0.15, 0.2) is 42.5 Å². The second-order valence-corrected chi connectivity index (χ2v) is 7.48. The van der Waals surface area contributed by atoms with Crippen molar-refractivity contribution in [2.75, 3.05) is 13.1 Å². The Morgan fingerprint density at radius 3 is 2.28 bits per heavy atom. The predicted molar refractivity (Wildman–Crippen MR) is 107 cm³/mol. The van der Waals surface area contributed by atoms with Gasteiger partial charge in [-0.3, -0.25) is 4.90 Å². The summed E-state index contributed by atoms with van der Waals surface area (Å²) in [4.78, 5) is 2.61. The van der Waals surface area contributed by atoms with Gasteiger partial charge in [-0.2, -0.15) is 0 Å². The minimum Gasteiger partial charge on any atom is -0.331 e. The Morgan fingerprint density at radius 1 is 0.840 bits per heavy atom. The van der Waals surface area contributed by atoms with Crippen LogP contribution < -0.4 is 0 Å². The molecule has 2 heterocycles. The monoisotopic (exact) mass is 332 g/mol. The minimum atomic E-state index is 1.01. The number of aryl methyl sites for hydroxylation is 2. The Bertz CT molecular complexity index is 884. The van der Waals surface area contributed by atoms with Gasteiger partial charge in [0.15, 0.2) is 0 Å². The van der Waals surface area contributed by atoms with Gasteiger partial charge in [-0.1, -0.05) is 42.8 Å². The van der Waals surface area contributed by atoms with E-state index < -0.39 is 0 Å². The Hall–Kier alpha value is -2.06. The minimum absolute atomic E-state index is 1.01. The molecule has 2 nitrogen and oxygen atoms in total. The van der Waals surface area contributed by atoms with Gasteiger partial charge >= 0.3 is 0 Å². The highest BCUT2D eigenvalue weighted by Gasteiger charge is 2.20. The van der Waals surface area contributed by atoms with E-state index in [1.807, 2.05) is 0 Å². The van der Waals surface area contributed by atoms with Gasteiger partial charge in [0.2, 0.25) is 0 Å². The van der Waals surface area contributed by atoms with Gasteiger partial charge in [0, 0.05) is 16.6 Å². The second kappa shape index (κ2) is 6.68. The molecule has 2 aromatic carbocycles. The van der Waals surface area contributed by atoms with Crippen LogP contribution in [0.2, 0.25) is 0 Å². The largest absolute Gasteiger partial charge is 0.331 e. The van der Waals surface area contributed by atoms with Crippen molar-refractivity contribution >= 4 is 10.9 Å². The summed E-state index contributed by atoms with van der Waals surface area (Å²) < 4.78 is 2.54. The van der Waals surface area contributed by atoms with Crippen LogP contribution in [0.3, 0.4) is 0 Å². The fourth-order valence-corrected chi connectivity index (χ4v) is 4.28. The van der Waals surface area contributed by atoms with E-state index in [-0.39, 0.29) is 0 Å². The normalized spacial score (nSPS) is 15.8. The molecule has 1 saturated heterocycles. The van der Waals surface area contributed by atoms with Crippen LogP contribution in [0.1, 0.15) is 36.1 Å². The van der Waals surface area contributed by atoms with Crippen LogP contribution in [0.5, 0.6) is 0 Å². The van der Waals surface area contributed by atoms with Crippen molar-refractivity contribution in [3.05, 3.63) is 59.3 Å². The van der Waals surface area contributed by atoms with Gasteiger partial charge in [-0.15, -0.1) is 0 Å². The predicted octanol–water partition coefficient (Wildman–Crippen LogP) is 5.68. The highest BCUT2D eigenvalue weighted by Crippen LogP contribution is 2.37. The number of piperidine rings is 1. The number of hydrogen-bond acceptors (Lipinski definition) is 1. The SMILES string of the molecule is Cc1ccc2c(c1C)c(-c1ccccc1)c(C)n2CN1CCCCC1. The Kier molecular flexibility index (Phi) is 4.39. The van der Waals surface area contributed by atoms with Crippen molar-refractivity contribution in [2.45, 2.75) is 46.7 Å². The molecule has 1 aromatic heterocycles. The Balaban J connectivity index is 1.91. The molecule has 2 heteroatoms. The number of rotatable bonds is 3. The molecule has 0 aliphatic carbocycles. The standard InChI is InChI=1S/C23H28N2/c1-17-12-13-21-22(18(17)2)23(20-10-6-4-7-11-20)19(3)25(21)16-24-14-8-5-9-15-24/h4,6-7,10-13H,5,8-9,14-16H2,1-3H3. The summed E-state index contributed by atoms with van der Waals surface area (Å²) in [5, 5.41) is 1.43. The molecule has 0 bridgehead atoms. The zero-order valence-electron chi connectivity index (χ0n) is 15.7. The average Bonchev–Trinajstić information content (AvgIpc) is 2.92. The van der Waals surface area contributed by atoms with E-state index in [0.29, 0.717) is 0 Å². The molecular formula is C23H28N2. The van der Waals surface area contributed by atoms with E-state index in [1.165, 1.54) is 71.2 Å². The van der Waals surface area contributed by atoms with Crippen molar-refractivity contribution in [3.8, 4) is 11.1 Å². The molecule has 3 aromatic rings. The maximum atomic E-state index is 2.61. The molecule has 130 valence electrons. The lowest BCUT2D eigenvalue weighted by atomic mass is 9.97. The summed E-state index contributed by atoms with van der Waals surface area (Å²) in [5.41, 5.74) is 8.30. The third-order valence-corrected chi connectivity index (χ3v) is 5.87. The average molecular weight is 332 g/mol. The lowest BCUT2D eigenvalue weighted by Gasteiger charge is -2.28. The summed E-state index contributed by atoms with van der Waals surface area (Å²) in [5.74, 6) is 0. The molecule has 0 atom stereocenters. The van der Waals surface area contributed by atoms with Gasteiger partial charge in [0.1, 0.15) is 0 Å². The molecular weight excluding hydrogens is 304 g/mol. The van der Waals surface area contributed by atoms with Crippen LogP contribution in [0, 0.1) is 20.8 Å². The molecule has 1 fully saturated rings. The number of benzene rings is 2. The molecule has 25 heavy (non-hydrogen) atoms. The molecule has 1 aliphatic heterocycles. The van der Waals surface area contributed by atoms with E-state index in [9.17, 15) is 0 Å². The number of nitrogens with zero attached hydrogens (tertiary/aromatic N) is 2. The van der Waals surface area contributed by atoms with Crippen LogP contribution >= 0.6 is 0 Å². The molecule has 0 saturated carbocycles. The lowest BCUT2D eigenvalue weighted by molar-refractivity contribution is 0.184. The maximum absolute atomic E-state index is 2.61. The summed E-state index contributed by atoms with van der Waals surface area (Å²) in [6.07, 6.45) is 4.05. The first-order valence-electron chi connectivity index (χ1n) is 9.53. The summed E-state index contributed by atoms with van der Waals surface area (Å²) in [6, 6.07) is 15.5. The zero-order valence-corrected chi connectivity index (χ0v) is 15.7. The number of aromatic nitrogens is 1. The number of fused-ring (bicyclic) bond motifs is 1.